The largest absolute Gasteiger partial charge is 0.425 e. The molecule has 2 aromatic heterocycles. The van der Waals surface area contributed by atoms with Gasteiger partial charge in [-0.2, -0.15) is 5.10 Å². The third kappa shape index (κ3) is 4.13. The molecule has 0 bridgehead atoms. The van der Waals surface area contributed by atoms with Gasteiger partial charge in [0.25, 0.3) is 0 Å². The minimum absolute atomic E-state index is 0.0985. The van der Waals surface area contributed by atoms with E-state index >= 15 is 0 Å². The van der Waals surface area contributed by atoms with E-state index in [4.69, 9.17) is 4.42 Å². The molecule has 30 heavy (non-hydrogen) atoms. The van der Waals surface area contributed by atoms with Crippen LogP contribution in [0.15, 0.2) is 22.6 Å². The van der Waals surface area contributed by atoms with Crippen LogP contribution < -0.4 is 5.32 Å². The number of H-pyrrole nitrogens is 1. The van der Waals surface area contributed by atoms with Gasteiger partial charge in [-0.3, -0.25) is 9.89 Å². The first kappa shape index (κ1) is 19.0. The number of aromatic nitrogens is 5. The molecule has 2 aliphatic carbocycles. The highest BCUT2D eigenvalue weighted by molar-refractivity contribution is 5.94. The quantitative estimate of drug-likeness (QED) is 0.606. The maximum absolute atomic E-state index is 12.6. The number of carbonyl (C=O) groups is 1. The van der Waals surface area contributed by atoms with Crippen molar-refractivity contribution in [2.24, 2.45) is 0 Å². The monoisotopic (exact) mass is 406 g/mol. The van der Waals surface area contributed by atoms with Crippen LogP contribution in [-0.4, -0.2) is 31.3 Å². The second-order valence-electron chi connectivity index (χ2n) is 8.43. The van der Waals surface area contributed by atoms with Crippen LogP contribution in [0.2, 0.25) is 0 Å². The van der Waals surface area contributed by atoms with Crippen LogP contribution in [0, 0.1) is 6.92 Å². The van der Waals surface area contributed by atoms with E-state index in [0.29, 0.717) is 35.7 Å². The molecule has 3 aromatic rings. The van der Waals surface area contributed by atoms with Crippen molar-refractivity contribution in [3.63, 3.8) is 0 Å². The molecule has 8 heteroatoms. The Balaban J connectivity index is 1.24. The first-order chi connectivity index (χ1) is 14.7. The zero-order chi connectivity index (χ0) is 20.5. The standard InChI is InChI=1S/C22H26N6O2/c1-13-6-9-17(16(12-13)21-24-20(26-27-21)14-7-8-14)23-18(29)10-11-19-25-28-22(30-19)15-4-2-3-5-15/h6,9,12,14-15H,2-5,7-8,10-11H2,1H3,(H,23,29)(H,24,26,27). The number of anilines is 1. The summed E-state index contributed by atoms with van der Waals surface area (Å²) in [6.07, 6.45) is 7.69. The van der Waals surface area contributed by atoms with Gasteiger partial charge in [0.2, 0.25) is 17.7 Å². The van der Waals surface area contributed by atoms with Crippen molar-refractivity contribution in [1.82, 2.24) is 25.4 Å². The average molecular weight is 406 g/mol. The fourth-order valence-corrected chi connectivity index (χ4v) is 4.02. The Morgan fingerprint density at radius 3 is 2.80 bits per heavy atom. The van der Waals surface area contributed by atoms with Gasteiger partial charge in [0.15, 0.2) is 5.82 Å². The lowest BCUT2D eigenvalue weighted by atomic mass is 10.1. The third-order valence-electron chi connectivity index (χ3n) is 5.91. The predicted molar refractivity (Wildman–Crippen MR) is 111 cm³/mol. The number of nitrogens with one attached hydrogen (secondary N) is 2. The molecule has 5 rings (SSSR count). The number of benzene rings is 1. The lowest BCUT2D eigenvalue weighted by Gasteiger charge is -2.09. The minimum Gasteiger partial charge on any atom is -0.425 e. The summed E-state index contributed by atoms with van der Waals surface area (Å²) in [5.41, 5.74) is 2.63. The minimum atomic E-state index is -0.0985. The van der Waals surface area contributed by atoms with E-state index in [-0.39, 0.29) is 12.3 Å². The summed E-state index contributed by atoms with van der Waals surface area (Å²) in [4.78, 5) is 17.2. The molecule has 0 saturated heterocycles. The molecule has 0 aliphatic heterocycles. The Labute approximate surface area is 174 Å². The molecule has 2 aliphatic rings. The van der Waals surface area contributed by atoms with Crippen molar-refractivity contribution >= 4 is 11.6 Å². The predicted octanol–water partition coefficient (Wildman–Crippen LogP) is 4.27. The number of hydrogen-bond donors (Lipinski definition) is 2. The molecule has 0 radical (unpaired) electrons. The van der Waals surface area contributed by atoms with Gasteiger partial charge in [-0.15, -0.1) is 10.2 Å². The lowest BCUT2D eigenvalue weighted by Crippen LogP contribution is -2.13. The van der Waals surface area contributed by atoms with Crippen LogP contribution in [0.1, 0.15) is 80.0 Å². The number of hydrogen-bond acceptors (Lipinski definition) is 6. The van der Waals surface area contributed by atoms with E-state index in [2.05, 4.69) is 30.7 Å². The van der Waals surface area contributed by atoms with E-state index < -0.39 is 0 Å². The first-order valence-corrected chi connectivity index (χ1v) is 10.8. The molecule has 1 aromatic carbocycles. The molecule has 8 nitrogen and oxygen atoms in total. The molecule has 2 heterocycles. The second kappa shape index (κ2) is 8.01. The smallest absolute Gasteiger partial charge is 0.224 e. The van der Waals surface area contributed by atoms with Crippen molar-refractivity contribution in [1.29, 1.82) is 0 Å². The van der Waals surface area contributed by atoms with Gasteiger partial charge >= 0.3 is 0 Å². The van der Waals surface area contributed by atoms with Gasteiger partial charge < -0.3 is 9.73 Å². The van der Waals surface area contributed by atoms with Crippen molar-refractivity contribution in [2.75, 3.05) is 5.32 Å². The number of aromatic amines is 1. The SMILES string of the molecule is Cc1ccc(NC(=O)CCc2nnc(C3CCCC3)o2)c(-c2n[nH]c(C3CC3)n2)c1. The fourth-order valence-electron chi connectivity index (χ4n) is 4.02. The third-order valence-corrected chi connectivity index (χ3v) is 5.91. The van der Waals surface area contributed by atoms with Crippen LogP contribution in [0.4, 0.5) is 5.69 Å². The molecule has 1 amide bonds. The summed E-state index contributed by atoms with van der Waals surface area (Å²) in [6, 6.07) is 5.88. The Kier molecular flexibility index (Phi) is 5.06. The average Bonchev–Trinajstić information content (AvgIpc) is 3.18. The number of aryl methyl sites for hydroxylation is 2. The maximum Gasteiger partial charge on any atom is 0.224 e. The summed E-state index contributed by atoms with van der Waals surface area (Å²) in [5, 5.41) is 18.7. The van der Waals surface area contributed by atoms with E-state index in [1.54, 1.807) is 0 Å². The second-order valence-corrected chi connectivity index (χ2v) is 8.43. The maximum atomic E-state index is 12.6. The van der Waals surface area contributed by atoms with E-state index in [1.165, 1.54) is 12.8 Å². The first-order valence-electron chi connectivity index (χ1n) is 10.8. The number of nitrogens with zero attached hydrogens (tertiary/aromatic N) is 4. The molecule has 156 valence electrons. The molecule has 2 fully saturated rings. The van der Waals surface area contributed by atoms with Gasteiger partial charge in [0.05, 0.1) is 5.69 Å². The van der Waals surface area contributed by atoms with Gasteiger partial charge in [-0.05, 0) is 44.7 Å². The molecular formula is C22H26N6O2. The molecule has 0 spiro atoms. The van der Waals surface area contributed by atoms with Crippen LogP contribution in [0.3, 0.4) is 0 Å². The summed E-state index contributed by atoms with van der Waals surface area (Å²) >= 11 is 0. The Morgan fingerprint density at radius 1 is 1.17 bits per heavy atom. The fraction of sp³-hybridized carbons (Fsp3) is 0.500. The lowest BCUT2D eigenvalue weighted by molar-refractivity contribution is -0.116. The van der Waals surface area contributed by atoms with Gasteiger partial charge in [0, 0.05) is 30.2 Å². The van der Waals surface area contributed by atoms with E-state index in [1.807, 2.05) is 25.1 Å². The van der Waals surface area contributed by atoms with Crippen LogP contribution in [0.25, 0.3) is 11.4 Å². The van der Waals surface area contributed by atoms with Crippen LogP contribution in [-0.2, 0) is 11.2 Å². The summed E-state index contributed by atoms with van der Waals surface area (Å²) in [7, 11) is 0. The highest BCUT2D eigenvalue weighted by atomic mass is 16.4. The Hall–Kier alpha value is -3.03. The number of amides is 1. The van der Waals surface area contributed by atoms with E-state index in [9.17, 15) is 4.79 Å². The number of carbonyl (C=O) groups excluding carboxylic acids is 1. The summed E-state index contributed by atoms with van der Waals surface area (Å²) < 4.78 is 5.78. The van der Waals surface area contributed by atoms with Crippen molar-refractivity contribution in [3.8, 4) is 11.4 Å². The van der Waals surface area contributed by atoms with Crippen molar-refractivity contribution in [2.45, 2.75) is 70.1 Å². The summed E-state index contributed by atoms with van der Waals surface area (Å²) in [6.45, 7) is 2.01. The normalized spacial score (nSPS) is 16.8. The van der Waals surface area contributed by atoms with Crippen LogP contribution >= 0.6 is 0 Å². The Bertz CT molecular complexity index is 1050. The van der Waals surface area contributed by atoms with Crippen molar-refractivity contribution < 1.29 is 9.21 Å². The molecule has 2 N–H and O–H groups in total. The van der Waals surface area contributed by atoms with Crippen LogP contribution in [0.5, 0.6) is 0 Å². The van der Waals surface area contributed by atoms with Crippen molar-refractivity contribution in [3.05, 3.63) is 41.4 Å². The highest BCUT2D eigenvalue weighted by Crippen LogP contribution is 2.39. The zero-order valence-corrected chi connectivity index (χ0v) is 17.1. The molecular weight excluding hydrogens is 380 g/mol. The van der Waals surface area contributed by atoms with E-state index in [0.717, 1.165) is 48.5 Å². The molecule has 0 unspecified atom stereocenters. The van der Waals surface area contributed by atoms with Gasteiger partial charge in [0.1, 0.15) is 5.82 Å². The Morgan fingerprint density at radius 2 is 2.00 bits per heavy atom. The molecule has 2 saturated carbocycles. The summed E-state index contributed by atoms with van der Waals surface area (Å²) in [5.74, 6) is 3.58. The van der Waals surface area contributed by atoms with Gasteiger partial charge in [-0.25, -0.2) is 4.98 Å². The highest BCUT2D eigenvalue weighted by Gasteiger charge is 2.28. The zero-order valence-electron chi connectivity index (χ0n) is 17.1. The topological polar surface area (TPSA) is 110 Å². The molecule has 0 atom stereocenters. The van der Waals surface area contributed by atoms with Gasteiger partial charge in [-0.1, -0.05) is 24.5 Å². The number of rotatable bonds is 7.